The number of ether oxygens (including phenoxy) is 2. The summed E-state index contributed by atoms with van der Waals surface area (Å²) in [5.41, 5.74) is 3.31. The maximum atomic E-state index is 5.70. The molecule has 0 amide bonds. The highest BCUT2D eigenvalue weighted by molar-refractivity contribution is 5.77. The number of aromatic amines is 1. The molecule has 27 heavy (non-hydrogen) atoms. The predicted molar refractivity (Wildman–Crippen MR) is 105 cm³/mol. The maximum Gasteiger partial charge on any atom is 0.181 e. The second-order valence-electron chi connectivity index (χ2n) is 6.98. The van der Waals surface area contributed by atoms with Crippen molar-refractivity contribution in [2.75, 3.05) is 26.8 Å². The molecule has 0 aliphatic carbocycles. The summed E-state index contributed by atoms with van der Waals surface area (Å²) in [6, 6.07) is 10.3. The highest BCUT2D eigenvalue weighted by Crippen LogP contribution is 2.32. The lowest BCUT2D eigenvalue weighted by atomic mass is 9.92. The molecule has 142 valence electrons. The summed E-state index contributed by atoms with van der Waals surface area (Å²) in [7, 11) is 1.68. The fraction of sp³-hybridized carbons (Fsp3) is 0.429. The van der Waals surface area contributed by atoms with Crippen molar-refractivity contribution >= 4 is 11.0 Å². The van der Waals surface area contributed by atoms with Gasteiger partial charge in [0.05, 0.1) is 13.7 Å². The van der Waals surface area contributed by atoms with E-state index in [-0.39, 0.29) is 0 Å². The van der Waals surface area contributed by atoms with Crippen molar-refractivity contribution in [2.24, 2.45) is 0 Å². The highest BCUT2D eigenvalue weighted by Gasteiger charge is 2.24. The third-order valence-electron chi connectivity index (χ3n) is 5.29. The summed E-state index contributed by atoms with van der Waals surface area (Å²) in [6.07, 6.45) is 4.04. The molecule has 3 aromatic rings. The van der Waals surface area contributed by atoms with Crippen molar-refractivity contribution in [1.29, 1.82) is 0 Å². The monoisotopic (exact) mass is 366 g/mol. The lowest BCUT2D eigenvalue weighted by Crippen LogP contribution is -2.32. The topological polar surface area (TPSA) is 63.3 Å². The number of H-pyrrole nitrogens is 1. The van der Waals surface area contributed by atoms with E-state index >= 15 is 0 Å². The van der Waals surface area contributed by atoms with E-state index < -0.39 is 0 Å². The Balaban J connectivity index is 1.40. The van der Waals surface area contributed by atoms with Gasteiger partial charge in [0, 0.05) is 29.7 Å². The smallest absolute Gasteiger partial charge is 0.181 e. The van der Waals surface area contributed by atoms with Crippen LogP contribution >= 0.6 is 0 Å². The summed E-state index contributed by atoms with van der Waals surface area (Å²) >= 11 is 0. The Bertz CT molecular complexity index is 900. The van der Waals surface area contributed by atoms with E-state index in [9.17, 15) is 0 Å². The number of likely N-dealkylation sites (tertiary alicyclic amines) is 1. The van der Waals surface area contributed by atoms with Gasteiger partial charge in [-0.25, -0.2) is 4.98 Å². The zero-order chi connectivity index (χ0) is 18.6. The molecule has 0 radical (unpaired) electrons. The van der Waals surface area contributed by atoms with E-state index in [2.05, 4.69) is 38.3 Å². The Kier molecular flexibility index (Phi) is 5.25. The first kappa shape index (κ1) is 17.8. The molecule has 1 fully saturated rings. The molecule has 0 saturated carbocycles. The van der Waals surface area contributed by atoms with Gasteiger partial charge in [0.1, 0.15) is 0 Å². The first-order valence-corrected chi connectivity index (χ1v) is 9.59. The maximum absolute atomic E-state index is 5.70. The minimum absolute atomic E-state index is 0.519. The lowest BCUT2D eigenvalue weighted by Gasteiger charge is -2.31. The van der Waals surface area contributed by atoms with Crippen LogP contribution in [0.15, 0.2) is 36.5 Å². The molecule has 1 aliphatic rings. The van der Waals surface area contributed by atoms with Crippen LogP contribution in [0.2, 0.25) is 0 Å². The van der Waals surface area contributed by atoms with Crippen molar-refractivity contribution in [3.05, 3.63) is 47.8 Å². The van der Waals surface area contributed by atoms with Gasteiger partial charge in [0.15, 0.2) is 17.1 Å². The van der Waals surface area contributed by atoms with Crippen LogP contribution in [0.5, 0.6) is 11.5 Å². The zero-order valence-electron chi connectivity index (χ0n) is 15.9. The lowest BCUT2D eigenvalue weighted by molar-refractivity contribution is 0.203. The normalized spacial score (nSPS) is 15.9. The zero-order valence-corrected chi connectivity index (χ0v) is 15.9. The molecule has 1 aromatic carbocycles. The van der Waals surface area contributed by atoms with E-state index in [0.29, 0.717) is 12.5 Å². The van der Waals surface area contributed by atoms with Gasteiger partial charge in [-0.1, -0.05) is 6.07 Å². The molecule has 0 unspecified atom stereocenters. The summed E-state index contributed by atoms with van der Waals surface area (Å²) in [4.78, 5) is 6.83. The van der Waals surface area contributed by atoms with E-state index in [1.165, 1.54) is 11.3 Å². The third-order valence-corrected chi connectivity index (χ3v) is 5.29. The quantitative estimate of drug-likeness (QED) is 0.720. The van der Waals surface area contributed by atoms with Gasteiger partial charge in [-0.05, 0) is 62.7 Å². The van der Waals surface area contributed by atoms with Gasteiger partial charge < -0.3 is 9.47 Å². The molecule has 1 N–H and O–H groups in total. The van der Waals surface area contributed by atoms with Crippen molar-refractivity contribution in [3.8, 4) is 11.5 Å². The van der Waals surface area contributed by atoms with Crippen molar-refractivity contribution < 1.29 is 9.47 Å². The van der Waals surface area contributed by atoms with E-state index in [0.717, 1.165) is 55.0 Å². The Morgan fingerprint density at radius 3 is 2.81 bits per heavy atom. The minimum atomic E-state index is 0.519. The first-order chi connectivity index (χ1) is 13.3. The first-order valence-electron chi connectivity index (χ1n) is 9.59. The molecule has 0 atom stereocenters. The highest BCUT2D eigenvalue weighted by atomic mass is 16.5. The molecule has 6 heteroatoms. The van der Waals surface area contributed by atoms with Crippen LogP contribution in [0, 0.1) is 0 Å². The number of nitrogens with zero attached hydrogens (tertiary/aromatic N) is 3. The average molecular weight is 366 g/mol. The number of hydrogen-bond donors (Lipinski definition) is 1. The van der Waals surface area contributed by atoms with E-state index in [4.69, 9.17) is 9.47 Å². The molecule has 6 nitrogen and oxygen atoms in total. The molecular weight excluding hydrogens is 340 g/mol. The number of fused-ring (bicyclic) bond motifs is 1. The molecule has 3 heterocycles. The third kappa shape index (κ3) is 3.76. The number of aromatic nitrogens is 3. The SMILES string of the molecule is CCOc1cc(CN2CCC(c3[nH]nc4ncccc34)CC2)ccc1OC. The number of methoxy groups -OCH3 is 1. The second-order valence-corrected chi connectivity index (χ2v) is 6.98. The summed E-state index contributed by atoms with van der Waals surface area (Å²) in [5.74, 6) is 2.13. The van der Waals surface area contributed by atoms with Crippen molar-refractivity contribution in [3.63, 3.8) is 0 Å². The van der Waals surface area contributed by atoms with Crippen LogP contribution in [0.25, 0.3) is 11.0 Å². The van der Waals surface area contributed by atoms with Gasteiger partial charge in [-0.3, -0.25) is 10.00 Å². The number of rotatable bonds is 6. The molecule has 0 spiro atoms. The fourth-order valence-corrected chi connectivity index (χ4v) is 3.91. The Morgan fingerprint density at radius 2 is 2.04 bits per heavy atom. The van der Waals surface area contributed by atoms with Crippen LogP contribution in [0.4, 0.5) is 0 Å². The molecule has 0 bridgehead atoms. The minimum Gasteiger partial charge on any atom is -0.493 e. The fourth-order valence-electron chi connectivity index (χ4n) is 3.91. The van der Waals surface area contributed by atoms with Crippen LogP contribution in [-0.2, 0) is 6.54 Å². The molecule has 1 aliphatic heterocycles. The Hall–Kier alpha value is -2.60. The van der Waals surface area contributed by atoms with Crippen molar-refractivity contribution in [2.45, 2.75) is 32.2 Å². The van der Waals surface area contributed by atoms with Crippen LogP contribution in [0.1, 0.15) is 36.9 Å². The van der Waals surface area contributed by atoms with Crippen molar-refractivity contribution in [1.82, 2.24) is 20.1 Å². The number of hydrogen-bond acceptors (Lipinski definition) is 5. The molecule has 1 saturated heterocycles. The number of piperidine rings is 1. The molecule has 2 aromatic heterocycles. The number of pyridine rings is 1. The standard InChI is InChI=1S/C21H26N4O2/c1-3-27-19-13-15(6-7-18(19)26-2)14-25-11-8-16(9-12-25)20-17-5-4-10-22-21(17)24-23-20/h4-7,10,13,16H,3,8-9,11-12,14H2,1-2H3,(H,22,23,24). The van der Waals surface area contributed by atoms with Gasteiger partial charge in [0.2, 0.25) is 0 Å². The summed E-state index contributed by atoms with van der Waals surface area (Å²) in [5, 5.41) is 8.73. The van der Waals surface area contributed by atoms with Gasteiger partial charge in [-0.15, -0.1) is 0 Å². The van der Waals surface area contributed by atoms with Gasteiger partial charge >= 0.3 is 0 Å². The second kappa shape index (κ2) is 7.96. The average Bonchev–Trinajstić information content (AvgIpc) is 3.13. The number of benzene rings is 1. The Morgan fingerprint density at radius 1 is 1.19 bits per heavy atom. The van der Waals surface area contributed by atoms with E-state index in [1.807, 2.05) is 19.1 Å². The predicted octanol–water partition coefficient (Wildman–Crippen LogP) is 3.74. The summed E-state index contributed by atoms with van der Waals surface area (Å²) in [6.45, 7) is 5.70. The summed E-state index contributed by atoms with van der Waals surface area (Å²) < 4.78 is 11.1. The van der Waals surface area contributed by atoms with Gasteiger partial charge in [-0.2, -0.15) is 5.10 Å². The largest absolute Gasteiger partial charge is 0.493 e. The number of nitrogens with one attached hydrogen (secondary N) is 1. The van der Waals surface area contributed by atoms with Gasteiger partial charge in [0.25, 0.3) is 0 Å². The van der Waals surface area contributed by atoms with E-state index in [1.54, 1.807) is 13.3 Å². The van der Waals surface area contributed by atoms with Crippen LogP contribution < -0.4 is 9.47 Å². The molecule has 4 rings (SSSR count). The van der Waals surface area contributed by atoms with Crippen LogP contribution in [0.3, 0.4) is 0 Å². The molecular formula is C21H26N4O2. The van der Waals surface area contributed by atoms with Crippen LogP contribution in [-0.4, -0.2) is 46.9 Å². The Labute approximate surface area is 159 Å².